The first-order chi connectivity index (χ1) is 9.02. The Bertz CT molecular complexity index is 482. The molecule has 0 bridgehead atoms. The maximum absolute atomic E-state index is 12.1. The van der Waals surface area contributed by atoms with Crippen LogP contribution in [0.1, 0.15) is 37.8 Å². The number of rotatable bonds is 8. The van der Waals surface area contributed by atoms with E-state index in [1.165, 1.54) is 0 Å². The second-order valence-corrected chi connectivity index (χ2v) is 6.57. The number of benzene rings is 1. The second-order valence-electron chi connectivity index (χ2n) is 4.76. The molecule has 1 rings (SSSR count). The lowest BCUT2D eigenvalue weighted by Gasteiger charge is -2.14. The van der Waals surface area contributed by atoms with Gasteiger partial charge in [0.25, 0.3) is 0 Å². The second kappa shape index (κ2) is 7.62. The molecule has 0 amide bonds. The van der Waals surface area contributed by atoms with Crippen molar-refractivity contribution in [1.82, 2.24) is 4.72 Å². The molecule has 0 unspecified atom stereocenters. The summed E-state index contributed by atoms with van der Waals surface area (Å²) in [5.41, 5.74) is 7.28. The standard InChI is InChI=1S/C14H24N2O2S/c1-3-12(4-2)10-16-19(17,18)11-14-8-6-5-7-13(14)9-15/h5-8,12,16H,3-4,9-11,15H2,1-2H3. The van der Waals surface area contributed by atoms with E-state index in [1.54, 1.807) is 0 Å². The average Bonchev–Trinajstić information content (AvgIpc) is 2.40. The fraction of sp³-hybridized carbons (Fsp3) is 0.571. The van der Waals surface area contributed by atoms with Crippen LogP contribution in [0.4, 0.5) is 0 Å². The Hall–Kier alpha value is -0.910. The minimum absolute atomic E-state index is 0.000518. The van der Waals surface area contributed by atoms with Crippen LogP contribution in [0.2, 0.25) is 0 Å². The van der Waals surface area contributed by atoms with E-state index in [9.17, 15) is 8.42 Å². The summed E-state index contributed by atoms with van der Waals surface area (Å²) in [7, 11) is -3.29. The molecular formula is C14H24N2O2S. The van der Waals surface area contributed by atoms with Gasteiger partial charge in [-0.3, -0.25) is 0 Å². The quantitative estimate of drug-likeness (QED) is 0.767. The molecule has 0 atom stereocenters. The monoisotopic (exact) mass is 284 g/mol. The third-order valence-corrected chi connectivity index (χ3v) is 4.73. The number of hydrogen-bond donors (Lipinski definition) is 2. The van der Waals surface area contributed by atoms with Crippen molar-refractivity contribution in [3.8, 4) is 0 Å². The SMILES string of the molecule is CCC(CC)CNS(=O)(=O)Cc1ccccc1CN. The van der Waals surface area contributed by atoms with Gasteiger partial charge in [0.15, 0.2) is 0 Å². The molecule has 0 aliphatic rings. The lowest BCUT2D eigenvalue weighted by molar-refractivity contribution is 0.478. The predicted octanol–water partition coefficient (Wildman–Crippen LogP) is 2.00. The maximum atomic E-state index is 12.1. The van der Waals surface area contributed by atoms with E-state index in [-0.39, 0.29) is 5.75 Å². The van der Waals surface area contributed by atoms with Crippen LogP contribution in [-0.4, -0.2) is 15.0 Å². The van der Waals surface area contributed by atoms with Gasteiger partial charge in [0, 0.05) is 13.1 Å². The summed E-state index contributed by atoms with van der Waals surface area (Å²) in [5.74, 6) is 0.403. The fourth-order valence-corrected chi connectivity index (χ4v) is 3.26. The van der Waals surface area contributed by atoms with Gasteiger partial charge in [-0.15, -0.1) is 0 Å². The van der Waals surface area contributed by atoms with Crippen LogP contribution >= 0.6 is 0 Å². The Morgan fingerprint density at radius 3 is 2.26 bits per heavy atom. The molecule has 0 spiro atoms. The highest BCUT2D eigenvalue weighted by Gasteiger charge is 2.15. The van der Waals surface area contributed by atoms with Crippen LogP contribution in [0, 0.1) is 5.92 Å². The molecule has 3 N–H and O–H groups in total. The molecule has 0 aromatic heterocycles. The van der Waals surface area contributed by atoms with Gasteiger partial charge < -0.3 is 5.73 Å². The van der Waals surface area contributed by atoms with Crippen LogP contribution < -0.4 is 10.5 Å². The van der Waals surface area contributed by atoms with Crippen molar-refractivity contribution in [3.63, 3.8) is 0 Å². The fourth-order valence-electron chi connectivity index (χ4n) is 1.98. The number of sulfonamides is 1. The van der Waals surface area contributed by atoms with Crippen LogP contribution in [0.25, 0.3) is 0 Å². The highest BCUT2D eigenvalue weighted by Crippen LogP contribution is 2.12. The maximum Gasteiger partial charge on any atom is 0.215 e. The Morgan fingerprint density at radius 1 is 1.16 bits per heavy atom. The van der Waals surface area contributed by atoms with Gasteiger partial charge in [0.05, 0.1) is 5.75 Å². The smallest absolute Gasteiger partial charge is 0.215 e. The lowest BCUT2D eigenvalue weighted by Crippen LogP contribution is -2.30. The highest BCUT2D eigenvalue weighted by atomic mass is 32.2. The zero-order valence-corrected chi connectivity index (χ0v) is 12.5. The minimum atomic E-state index is -3.29. The molecule has 5 heteroatoms. The van der Waals surface area contributed by atoms with E-state index in [4.69, 9.17) is 5.73 Å². The Labute approximate surface area is 116 Å². The van der Waals surface area contributed by atoms with Crippen molar-refractivity contribution < 1.29 is 8.42 Å². The molecule has 0 aliphatic carbocycles. The number of hydrogen-bond acceptors (Lipinski definition) is 3. The summed E-state index contributed by atoms with van der Waals surface area (Å²) >= 11 is 0. The van der Waals surface area contributed by atoms with Crippen molar-refractivity contribution in [2.24, 2.45) is 11.7 Å². The van der Waals surface area contributed by atoms with Crippen LogP contribution in [0.15, 0.2) is 24.3 Å². The van der Waals surface area contributed by atoms with Crippen molar-refractivity contribution in [3.05, 3.63) is 35.4 Å². The topological polar surface area (TPSA) is 72.2 Å². The van der Waals surface area contributed by atoms with Crippen molar-refractivity contribution in [2.75, 3.05) is 6.54 Å². The van der Waals surface area contributed by atoms with E-state index >= 15 is 0 Å². The molecule has 0 saturated carbocycles. The summed E-state index contributed by atoms with van der Waals surface area (Å²) in [4.78, 5) is 0. The van der Waals surface area contributed by atoms with E-state index < -0.39 is 10.0 Å². The minimum Gasteiger partial charge on any atom is -0.326 e. The third-order valence-electron chi connectivity index (χ3n) is 3.43. The molecule has 0 heterocycles. The van der Waals surface area contributed by atoms with Crippen LogP contribution in [-0.2, 0) is 22.3 Å². The van der Waals surface area contributed by atoms with E-state index in [2.05, 4.69) is 18.6 Å². The summed E-state index contributed by atoms with van der Waals surface area (Å²) in [6.07, 6.45) is 1.97. The summed E-state index contributed by atoms with van der Waals surface area (Å²) < 4.78 is 26.8. The first-order valence-electron chi connectivity index (χ1n) is 6.76. The van der Waals surface area contributed by atoms with Gasteiger partial charge in [0.2, 0.25) is 10.0 Å². The zero-order valence-electron chi connectivity index (χ0n) is 11.7. The first kappa shape index (κ1) is 16.1. The van der Waals surface area contributed by atoms with Crippen molar-refractivity contribution in [1.29, 1.82) is 0 Å². The van der Waals surface area contributed by atoms with Crippen molar-refractivity contribution in [2.45, 2.75) is 39.0 Å². The summed E-state index contributed by atoms with van der Waals surface area (Å²) in [6.45, 7) is 5.02. The first-order valence-corrected chi connectivity index (χ1v) is 8.41. The Morgan fingerprint density at radius 2 is 1.74 bits per heavy atom. The molecule has 0 fully saturated rings. The molecule has 0 radical (unpaired) electrons. The molecule has 1 aromatic carbocycles. The van der Waals surface area contributed by atoms with Gasteiger partial charge in [0.1, 0.15) is 0 Å². The van der Waals surface area contributed by atoms with Gasteiger partial charge >= 0.3 is 0 Å². The molecular weight excluding hydrogens is 260 g/mol. The van der Waals surface area contributed by atoms with E-state index in [0.29, 0.717) is 19.0 Å². The summed E-state index contributed by atoms with van der Waals surface area (Å²) in [5, 5.41) is 0. The van der Waals surface area contributed by atoms with Gasteiger partial charge in [-0.2, -0.15) is 0 Å². The van der Waals surface area contributed by atoms with Crippen LogP contribution in [0.5, 0.6) is 0 Å². The van der Waals surface area contributed by atoms with E-state index in [0.717, 1.165) is 24.0 Å². The van der Waals surface area contributed by atoms with Crippen molar-refractivity contribution >= 4 is 10.0 Å². The number of nitrogens with two attached hydrogens (primary N) is 1. The molecule has 19 heavy (non-hydrogen) atoms. The highest BCUT2D eigenvalue weighted by molar-refractivity contribution is 7.88. The average molecular weight is 284 g/mol. The Balaban J connectivity index is 2.69. The molecule has 0 aliphatic heterocycles. The molecule has 4 nitrogen and oxygen atoms in total. The Kier molecular flexibility index (Phi) is 6.48. The molecule has 1 aromatic rings. The normalized spacial score (nSPS) is 12.0. The summed E-state index contributed by atoms with van der Waals surface area (Å²) in [6, 6.07) is 7.39. The van der Waals surface area contributed by atoms with Gasteiger partial charge in [-0.05, 0) is 17.0 Å². The van der Waals surface area contributed by atoms with Crippen LogP contribution in [0.3, 0.4) is 0 Å². The third kappa shape index (κ3) is 5.30. The van der Waals surface area contributed by atoms with Gasteiger partial charge in [-0.1, -0.05) is 51.0 Å². The zero-order chi connectivity index (χ0) is 14.3. The number of nitrogens with one attached hydrogen (secondary N) is 1. The van der Waals surface area contributed by atoms with E-state index in [1.807, 2.05) is 24.3 Å². The predicted molar refractivity (Wildman–Crippen MR) is 79.0 cm³/mol. The molecule has 0 saturated heterocycles. The van der Waals surface area contributed by atoms with Gasteiger partial charge in [-0.25, -0.2) is 13.1 Å². The molecule has 108 valence electrons. The lowest BCUT2D eigenvalue weighted by atomic mass is 10.0. The largest absolute Gasteiger partial charge is 0.326 e.